The Bertz CT molecular complexity index is 1190. The number of nitrogens with zero attached hydrogens (tertiary/aromatic N) is 2. The molecule has 0 radical (unpaired) electrons. The fourth-order valence-corrected chi connectivity index (χ4v) is 4.20. The maximum absolute atomic E-state index is 6.37. The van der Waals surface area contributed by atoms with Crippen LogP contribution in [0.15, 0.2) is 46.3 Å². The van der Waals surface area contributed by atoms with Crippen molar-refractivity contribution in [2.45, 2.75) is 6.92 Å². The molecule has 4 aromatic rings. The zero-order chi connectivity index (χ0) is 20.5. The maximum Gasteiger partial charge on any atom is 0.187 e. The van der Waals surface area contributed by atoms with Crippen LogP contribution in [0.3, 0.4) is 0 Å². The summed E-state index contributed by atoms with van der Waals surface area (Å²) in [6, 6.07) is 10.6. The first-order valence-electron chi connectivity index (χ1n) is 8.44. The lowest BCUT2D eigenvalue weighted by Crippen LogP contribution is -1.93. The predicted molar refractivity (Wildman–Crippen MR) is 119 cm³/mol. The van der Waals surface area contributed by atoms with Crippen molar-refractivity contribution in [1.82, 2.24) is 10.1 Å². The van der Waals surface area contributed by atoms with Gasteiger partial charge in [0.2, 0.25) is 0 Å². The normalized spacial score (nSPS) is 10.9. The van der Waals surface area contributed by atoms with Crippen molar-refractivity contribution in [3.05, 3.63) is 62.6 Å². The molecule has 0 aliphatic rings. The van der Waals surface area contributed by atoms with E-state index in [9.17, 15) is 0 Å². The number of aryl methyl sites for hydroxylation is 1. The van der Waals surface area contributed by atoms with E-state index in [1.807, 2.05) is 24.4 Å². The van der Waals surface area contributed by atoms with Gasteiger partial charge in [-0.1, -0.05) is 40.0 Å². The summed E-state index contributed by atoms with van der Waals surface area (Å²) in [6.07, 6.45) is 0. The fraction of sp³-hybridized carbons (Fsp3) is 0.100. The standard InChI is InChI=1S/C20H14Cl3N3O2S/c1-10-18(19(26-28-10)13-5-3-11(21)7-15(13)23)17-9-29-20(25-17)24-16-8-12(27-2)4-6-14(16)22/h3-9H,1-2H3,(H,24,25). The summed E-state index contributed by atoms with van der Waals surface area (Å²) in [4.78, 5) is 4.68. The molecule has 2 aromatic heterocycles. The zero-order valence-corrected chi connectivity index (χ0v) is 18.4. The van der Waals surface area contributed by atoms with Crippen LogP contribution in [-0.4, -0.2) is 17.3 Å². The summed E-state index contributed by atoms with van der Waals surface area (Å²) < 4.78 is 10.7. The Morgan fingerprint density at radius 2 is 1.90 bits per heavy atom. The third-order valence-corrected chi connectivity index (χ3v) is 5.86. The van der Waals surface area contributed by atoms with E-state index in [2.05, 4.69) is 15.5 Å². The summed E-state index contributed by atoms with van der Waals surface area (Å²) in [5.41, 5.74) is 3.53. The van der Waals surface area contributed by atoms with Crippen molar-refractivity contribution < 1.29 is 9.26 Å². The Hall–Kier alpha value is -2.25. The van der Waals surface area contributed by atoms with Crippen LogP contribution < -0.4 is 10.1 Å². The van der Waals surface area contributed by atoms with E-state index in [1.54, 1.807) is 31.4 Å². The van der Waals surface area contributed by atoms with Crippen molar-refractivity contribution in [3.8, 4) is 28.3 Å². The second-order valence-corrected chi connectivity index (χ2v) is 8.20. The molecule has 2 heterocycles. The summed E-state index contributed by atoms with van der Waals surface area (Å²) in [6.45, 7) is 1.83. The molecular formula is C20H14Cl3N3O2S. The SMILES string of the molecule is COc1ccc(Cl)c(Nc2nc(-c3c(-c4ccc(Cl)cc4Cl)noc3C)cs2)c1. The first kappa shape index (κ1) is 20.0. The highest BCUT2D eigenvalue weighted by atomic mass is 35.5. The molecule has 0 spiro atoms. The predicted octanol–water partition coefficient (Wildman–Crippen LogP) is 7.49. The molecular weight excluding hydrogens is 453 g/mol. The molecule has 2 aromatic carbocycles. The van der Waals surface area contributed by atoms with Gasteiger partial charge in [0.15, 0.2) is 5.13 Å². The van der Waals surface area contributed by atoms with E-state index in [-0.39, 0.29) is 0 Å². The monoisotopic (exact) mass is 465 g/mol. The Labute approximate surface area is 186 Å². The van der Waals surface area contributed by atoms with Crippen molar-refractivity contribution in [1.29, 1.82) is 0 Å². The van der Waals surface area contributed by atoms with Gasteiger partial charge in [-0.25, -0.2) is 4.98 Å². The molecule has 29 heavy (non-hydrogen) atoms. The van der Waals surface area contributed by atoms with Gasteiger partial charge in [-0.05, 0) is 37.3 Å². The molecule has 5 nitrogen and oxygen atoms in total. The van der Waals surface area contributed by atoms with Crippen molar-refractivity contribution in [2.75, 3.05) is 12.4 Å². The van der Waals surface area contributed by atoms with E-state index in [4.69, 9.17) is 44.1 Å². The smallest absolute Gasteiger partial charge is 0.187 e. The van der Waals surface area contributed by atoms with Gasteiger partial charge in [-0.2, -0.15) is 0 Å². The van der Waals surface area contributed by atoms with Gasteiger partial charge in [0, 0.05) is 22.0 Å². The Morgan fingerprint density at radius 1 is 1.07 bits per heavy atom. The average molecular weight is 467 g/mol. The second-order valence-electron chi connectivity index (χ2n) is 6.10. The first-order valence-corrected chi connectivity index (χ1v) is 10.5. The number of hydrogen-bond acceptors (Lipinski definition) is 6. The van der Waals surface area contributed by atoms with Crippen molar-refractivity contribution >= 4 is 57.0 Å². The molecule has 0 aliphatic carbocycles. The molecule has 0 unspecified atom stereocenters. The lowest BCUT2D eigenvalue weighted by Gasteiger charge is -2.07. The number of halogens is 3. The first-order chi connectivity index (χ1) is 14.0. The molecule has 9 heteroatoms. The van der Waals surface area contributed by atoms with E-state index < -0.39 is 0 Å². The number of hydrogen-bond donors (Lipinski definition) is 1. The largest absolute Gasteiger partial charge is 0.497 e. The van der Waals surface area contributed by atoms with Crippen LogP contribution >= 0.6 is 46.1 Å². The molecule has 0 fully saturated rings. The lowest BCUT2D eigenvalue weighted by atomic mass is 10.0. The van der Waals surface area contributed by atoms with Gasteiger partial charge >= 0.3 is 0 Å². The van der Waals surface area contributed by atoms with Crippen LogP contribution in [0.4, 0.5) is 10.8 Å². The highest BCUT2D eigenvalue weighted by molar-refractivity contribution is 7.14. The molecule has 0 bridgehead atoms. The minimum absolute atomic E-state index is 0.490. The van der Waals surface area contributed by atoms with E-state index >= 15 is 0 Å². The van der Waals surface area contributed by atoms with Gasteiger partial charge in [0.1, 0.15) is 17.2 Å². The Morgan fingerprint density at radius 3 is 2.66 bits per heavy atom. The Kier molecular flexibility index (Phi) is 5.69. The fourth-order valence-electron chi connectivity index (χ4n) is 2.83. The van der Waals surface area contributed by atoms with Gasteiger partial charge in [-0.3, -0.25) is 0 Å². The summed E-state index contributed by atoms with van der Waals surface area (Å²) >= 11 is 20.1. The minimum atomic E-state index is 0.490. The highest BCUT2D eigenvalue weighted by Gasteiger charge is 2.21. The molecule has 0 amide bonds. The number of thiazole rings is 1. The number of anilines is 2. The molecule has 4 rings (SSSR count). The molecule has 0 atom stereocenters. The van der Waals surface area contributed by atoms with Crippen molar-refractivity contribution in [2.24, 2.45) is 0 Å². The van der Waals surface area contributed by atoms with Gasteiger partial charge in [0.05, 0.1) is 34.1 Å². The summed E-state index contributed by atoms with van der Waals surface area (Å²) in [5, 5.41) is 11.6. The highest BCUT2D eigenvalue weighted by Crippen LogP contribution is 2.40. The van der Waals surface area contributed by atoms with Crippen molar-refractivity contribution in [3.63, 3.8) is 0 Å². The van der Waals surface area contributed by atoms with Crippen LogP contribution in [0.1, 0.15) is 5.76 Å². The van der Waals surface area contributed by atoms with Crippen LogP contribution in [0.25, 0.3) is 22.5 Å². The number of methoxy groups -OCH3 is 1. The molecule has 0 aliphatic heterocycles. The third-order valence-electron chi connectivity index (χ3n) is 4.22. The van der Waals surface area contributed by atoms with Gasteiger partial charge < -0.3 is 14.6 Å². The Balaban J connectivity index is 1.70. The molecule has 1 N–H and O–H groups in total. The average Bonchev–Trinajstić information content (AvgIpc) is 3.30. The number of rotatable bonds is 5. The minimum Gasteiger partial charge on any atom is -0.497 e. The van der Waals surface area contributed by atoms with E-state index in [0.717, 1.165) is 16.8 Å². The molecule has 0 saturated carbocycles. The number of nitrogens with one attached hydrogen (secondary N) is 1. The molecule has 148 valence electrons. The topological polar surface area (TPSA) is 60.2 Å². The van der Waals surface area contributed by atoms with E-state index in [0.29, 0.717) is 43.1 Å². The van der Waals surface area contributed by atoms with Crippen LogP contribution in [0.5, 0.6) is 5.75 Å². The molecule has 0 saturated heterocycles. The van der Waals surface area contributed by atoms with Crippen LogP contribution in [0, 0.1) is 6.92 Å². The van der Waals surface area contributed by atoms with Gasteiger partial charge in [0.25, 0.3) is 0 Å². The van der Waals surface area contributed by atoms with Crippen LogP contribution in [0.2, 0.25) is 15.1 Å². The number of aromatic nitrogens is 2. The quantitative estimate of drug-likeness (QED) is 0.330. The van der Waals surface area contributed by atoms with Crippen LogP contribution in [-0.2, 0) is 0 Å². The lowest BCUT2D eigenvalue weighted by molar-refractivity contribution is 0.400. The summed E-state index contributed by atoms with van der Waals surface area (Å²) in [7, 11) is 1.60. The second kappa shape index (κ2) is 8.24. The van der Waals surface area contributed by atoms with Gasteiger partial charge in [-0.15, -0.1) is 11.3 Å². The zero-order valence-electron chi connectivity index (χ0n) is 15.3. The summed E-state index contributed by atoms with van der Waals surface area (Å²) in [5.74, 6) is 1.34. The maximum atomic E-state index is 6.37. The number of ether oxygens (including phenoxy) is 1. The van der Waals surface area contributed by atoms with E-state index in [1.165, 1.54) is 11.3 Å². The number of benzene rings is 2. The third kappa shape index (κ3) is 4.07.